The summed E-state index contributed by atoms with van der Waals surface area (Å²) in [7, 11) is 1.57. The molecule has 1 unspecified atom stereocenters. The number of halogens is 1. The number of hydrogen-bond acceptors (Lipinski definition) is 6. The number of rotatable bonds is 6. The van der Waals surface area contributed by atoms with E-state index in [1.807, 2.05) is 36.4 Å². The number of nitrogens with one attached hydrogen (secondary N) is 2. The van der Waals surface area contributed by atoms with Crippen LogP contribution in [0.5, 0.6) is 5.75 Å². The summed E-state index contributed by atoms with van der Waals surface area (Å²) in [5, 5.41) is 16.9. The molecule has 2 amide bonds. The van der Waals surface area contributed by atoms with Gasteiger partial charge in [-0.1, -0.05) is 68.1 Å². The van der Waals surface area contributed by atoms with Gasteiger partial charge in [0.25, 0.3) is 0 Å². The molecule has 1 fully saturated rings. The van der Waals surface area contributed by atoms with Gasteiger partial charge in [-0.25, -0.2) is 4.79 Å². The molecule has 206 valence electrons. The molecular weight excluding hydrogens is 544 g/mol. The van der Waals surface area contributed by atoms with E-state index < -0.39 is 12.2 Å². The highest BCUT2D eigenvalue weighted by Gasteiger charge is 2.34. The number of anilines is 1. The number of carbonyl (C=O) groups excluding carboxylic acids is 1. The van der Waals surface area contributed by atoms with Crippen LogP contribution in [0.2, 0.25) is 5.02 Å². The summed E-state index contributed by atoms with van der Waals surface area (Å²) in [6.07, 6.45) is 5.84. The summed E-state index contributed by atoms with van der Waals surface area (Å²) in [4.78, 5) is 19.7. The summed E-state index contributed by atoms with van der Waals surface area (Å²) in [6.45, 7) is 2.15. The Labute approximate surface area is 242 Å². The number of amides is 2. The predicted molar refractivity (Wildman–Crippen MR) is 159 cm³/mol. The molecular formula is C30H31ClN6O2S. The van der Waals surface area contributed by atoms with Crippen molar-refractivity contribution in [2.75, 3.05) is 12.4 Å². The maximum absolute atomic E-state index is 13.4. The van der Waals surface area contributed by atoms with E-state index in [2.05, 4.69) is 33.3 Å². The van der Waals surface area contributed by atoms with E-state index in [9.17, 15) is 4.79 Å². The van der Waals surface area contributed by atoms with Gasteiger partial charge in [-0.2, -0.15) is 0 Å². The molecule has 2 aliphatic rings. The number of benzene rings is 2. The van der Waals surface area contributed by atoms with E-state index in [0.29, 0.717) is 28.2 Å². The Morgan fingerprint density at radius 2 is 1.80 bits per heavy atom. The summed E-state index contributed by atoms with van der Waals surface area (Å²) in [6, 6.07) is 16.7. The van der Waals surface area contributed by atoms with Crippen molar-refractivity contribution in [1.82, 2.24) is 20.1 Å². The molecule has 0 radical (unpaired) electrons. The van der Waals surface area contributed by atoms with Crippen LogP contribution in [0.1, 0.15) is 78.8 Å². The Bertz CT molecular complexity index is 1570. The first-order chi connectivity index (χ1) is 19.6. The van der Waals surface area contributed by atoms with Crippen LogP contribution >= 0.6 is 22.9 Å². The number of aromatic nitrogens is 3. The van der Waals surface area contributed by atoms with Crippen molar-refractivity contribution < 1.29 is 9.53 Å². The quantitative estimate of drug-likeness (QED) is 0.253. The topological polar surface area (TPSA) is 93.4 Å². The number of ether oxygens (including phenoxy) is 1. The van der Waals surface area contributed by atoms with Gasteiger partial charge in [-0.05, 0) is 43.5 Å². The monoisotopic (exact) mass is 574 g/mol. The lowest BCUT2D eigenvalue weighted by Crippen LogP contribution is -2.33. The summed E-state index contributed by atoms with van der Waals surface area (Å²) < 4.78 is 7.56. The molecule has 1 atom stereocenters. The van der Waals surface area contributed by atoms with Crippen LogP contribution in [0.3, 0.4) is 0 Å². The zero-order chi connectivity index (χ0) is 27.6. The average molecular weight is 575 g/mol. The average Bonchev–Trinajstić information content (AvgIpc) is 3.58. The Morgan fingerprint density at radius 3 is 2.58 bits per heavy atom. The molecule has 0 spiro atoms. The fourth-order valence-corrected chi connectivity index (χ4v) is 6.85. The number of methoxy groups -OCH3 is 1. The minimum Gasteiger partial charge on any atom is -0.495 e. The SMILES string of the molecule is CCc1cc2c(s1)-n1c(C3CCCCC3)nnc1C(NC(=O)Nc1ccccc1OC)N=C2c1ccccc1Cl. The third-order valence-electron chi connectivity index (χ3n) is 7.51. The van der Waals surface area contributed by atoms with Gasteiger partial charge < -0.3 is 15.4 Å². The van der Waals surface area contributed by atoms with Crippen LogP contribution in [0.4, 0.5) is 10.5 Å². The van der Waals surface area contributed by atoms with Crippen LogP contribution in [0.15, 0.2) is 59.6 Å². The first kappa shape index (κ1) is 26.5. The van der Waals surface area contributed by atoms with Gasteiger partial charge >= 0.3 is 6.03 Å². The van der Waals surface area contributed by atoms with E-state index >= 15 is 0 Å². The third kappa shape index (κ3) is 4.99. The molecule has 1 aliphatic heterocycles. The van der Waals surface area contributed by atoms with Gasteiger partial charge in [0.05, 0.1) is 18.5 Å². The van der Waals surface area contributed by atoms with Crippen LogP contribution in [-0.2, 0) is 6.42 Å². The number of carbonyl (C=O) groups is 1. The lowest BCUT2D eigenvalue weighted by Gasteiger charge is -2.22. The van der Waals surface area contributed by atoms with Crippen molar-refractivity contribution in [3.05, 3.63) is 87.3 Å². The highest BCUT2D eigenvalue weighted by Crippen LogP contribution is 2.40. The molecule has 1 aliphatic carbocycles. The van der Waals surface area contributed by atoms with Gasteiger partial charge in [0.1, 0.15) is 16.6 Å². The van der Waals surface area contributed by atoms with Gasteiger partial charge in [-0.15, -0.1) is 21.5 Å². The lowest BCUT2D eigenvalue weighted by molar-refractivity contribution is 0.248. The number of aliphatic imine (C=N–C) groups is 1. The van der Waals surface area contributed by atoms with Crippen molar-refractivity contribution in [1.29, 1.82) is 0 Å². The van der Waals surface area contributed by atoms with E-state index in [4.69, 9.17) is 26.4 Å². The summed E-state index contributed by atoms with van der Waals surface area (Å²) >= 11 is 8.45. The van der Waals surface area contributed by atoms with Crippen LogP contribution in [-0.4, -0.2) is 33.6 Å². The minimum atomic E-state index is -0.796. The first-order valence-corrected chi connectivity index (χ1v) is 14.9. The van der Waals surface area contributed by atoms with Crippen LogP contribution < -0.4 is 15.4 Å². The molecule has 6 rings (SSSR count). The van der Waals surface area contributed by atoms with Crippen molar-refractivity contribution in [2.24, 2.45) is 4.99 Å². The Morgan fingerprint density at radius 1 is 1.05 bits per heavy atom. The number of aryl methyl sites for hydroxylation is 1. The normalized spacial score (nSPS) is 16.9. The summed E-state index contributed by atoms with van der Waals surface area (Å²) in [5.74, 6) is 2.40. The van der Waals surface area contributed by atoms with E-state index in [1.54, 1.807) is 30.6 Å². The van der Waals surface area contributed by atoms with E-state index in [1.165, 1.54) is 24.1 Å². The van der Waals surface area contributed by atoms with Gasteiger partial charge in [0.15, 0.2) is 12.0 Å². The number of nitrogens with zero attached hydrogens (tertiary/aromatic N) is 4. The number of hydrogen-bond donors (Lipinski definition) is 2. The van der Waals surface area contributed by atoms with E-state index in [-0.39, 0.29) is 0 Å². The second-order valence-corrected chi connectivity index (χ2v) is 11.6. The second-order valence-electron chi connectivity index (χ2n) is 10.0. The van der Waals surface area contributed by atoms with Crippen LogP contribution in [0, 0.1) is 0 Å². The highest BCUT2D eigenvalue weighted by molar-refractivity contribution is 7.15. The molecule has 2 N–H and O–H groups in total. The second kappa shape index (κ2) is 11.4. The molecule has 8 nitrogen and oxygen atoms in total. The van der Waals surface area contributed by atoms with Gasteiger partial charge in [0.2, 0.25) is 0 Å². The van der Waals surface area contributed by atoms with Crippen molar-refractivity contribution in [3.63, 3.8) is 0 Å². The first-order valence-electron chi connectivity index (χ1n) is 13.7. The third-order valence-corrected chi connectivity index (χ3v) is 9.10. The highest BCUT2D eigenvalue weighted by atomic mass is 35.5. The molecule has 3 heterocycles. The number of urea groups is 1. The number of fused-ring (bicyclic) bond motifs is 3. The van der Waals surface area contributed by atoms with Crippen molar-refractivity contribution >= 4 is 40.4 Å². The molecule has 2 aromatic heterocycles. The molecule has 0 bridgehead atoms. The maximum atomic E-state index is 13.4. The van der Waals surface area contributed by atoms with Crippen LogP contribution in [0.25, 0.3) is 5.00 Å². The molecule has 40 heavy (non-hydrogen) atoms. The predicted octanol–water partition coefficient (Wildman–Crippen LogP) is 7.27. The Balaban J connectivity index is 1.48. The zero-order valence-electron chi connectivity index (χ0n) is 22.5. The standard InChI is InChI=1S/C30H31ClN6O2S/c1-3-19-17-21-25(20-13-7-8-14-22(20)31)33-26(34-30(38)32-23-15-9-10-16-24(23)39-2)28-36-35-27(37(28)29(21)40-19)18-11-5-4-6-12-18/h7-10,13-18,26H,3-6,11-12H2,1-2H3,(H2,32,34,38). The Hall–Kier alpha value is -3.69. The van der Waals surface area contributed by atoms with Gasteiger partial charge in [-0.3, -0.25) is 9.56 Å². The van der Waals surface area contributed by atoms with E-state index in [0.717, 1.165) is 46.9 Å². The largest absolute Gasteiger partial charge is 0.495 e. The number of para-hydroxylation sites is 2. The lowest BCUT2D eigenvalue weighted by atomic mass is 9.88. The molecule has 1 saturated carbocycles. The van der Waals surface area contributed by atoms with Gasteiger partial charge in [0, 0.05) is 26.9 Å². The molecule has 4 aromatic rings. The maximum Gasteiger partial charge on any atom is 0.321 e. The Kier molecular flexibility index (Phi) is 7.58. The minimum absolute atomic E-state index is 0.306. The smallest absolute Gasteiger partial charge is 0.321 e. The fraction of sp³-hybridized carbons (Fsp3) is 0.333. The number of thiophene rings is 1. The molecule has 2 aromatic carbocycles. The zero-order valence-corrected chi connectivity index (χ0v) is 24.1. The molecule has 0 saturated heterocycles. The van der Waals surface area contributed by atoms with Crippen molar-refractivity contribution in [3.8, 4) is 10.8 Å². The van der Waals surface area contributed by atoms with Crippen molar-refractivity contribution in [2.45, 2.75) is 57.5 Å². The molecule has 10 heteroatoms. The fourth-order valence-electron chi connectivity index (χ4n) is 5.51. The summed E-state index contributed by atoms with van der Waals surface area (Å²) in [5.41, 5.74) is 3.06.